The first-order valence-corrected chi connectivity index (χ1v) is 9.20. The highest BCUT2D eigenvalue weighted by Crippen LogP contribution is 2.60. The van der Waals surface area contributed by atoms with Crippen molar-refractivity contribution in [1.29, 1.82) is 0 Å². The second-order valence-corrected chi connectivity index (χ2v) is 8.31. The number of carbonyl (C=O) groups excluding carboxylic acids is 2. The first-order valence-electron chi connectivity index (χ1n) is 9.20. The number of carbonyl (C=O) groups is 2. The van der Waals surface area contributed by atoms with E-state index in [4.69, 9.17) is 5.21 Å². The number of nitrogens with one attached hydrogen (secondary N) is 2. The Kier molecular flexibility index (Phi) is 4.02. The maximum absolute atomic E-state index is 13.1. The van der Waals surface area contributed by atoms with Gasteiger partial charge < -0.3 is 5.32 Å². The molecule has 4 aliphatic rings. The first kappa shape index (κ1) is 16.5. The van der Waals surface area contributed by atoms with Gasteiger partial charge in [0.2, 0.25) is 5.91 Å². The van der Waals surface area contributed by atoms with Crippen LogP contribution in [0.2, 0.25) is 0 Å². The van der Waals surface area contributed by atoms with Crippen LogP contribution in [0.3, 0.4) is 0 Å². The predicted octanol–water partition coefficient (Wildman–Crippen LogP) is 2.59. The quantitative estimate of drug-likeness (QED) is 0.579. The number of aromatic nitrogens is 1. The van der Waals surface area contributed by atoms with Crippen LogP contribution in [0.25, 0.3) is 0 Å². The summed E-state index contributed by atoms with van der Waals surface area (Å²) in [5, 5.41) is 11.8. The number of nitrogens with zero attached hydrogens (tertiary/aromatic N) is 1. The fraction of sp³-hybridized carbons (Fsp3) is 0.632. The molecule has 0 aliphatic heterocycles. The molecule has 2 amide bonds. The van der Waals surface area contributed by atoms with Crippen molar-refractivity contribution >= 4 is 11.8 Å². The maximum atomic E-state index is 13.1. The molecule has 1 aromatic rings. The molecule has 25 heavy (non-hydrogen) atoms. The third-order valence-corrected chi connectivity index (χ3v) is 6.46. The lowest BCUT2D eigenvalue weighted by Gasteiger charge is -2.55. The summed E-state index contributed by atoms with van der Waals surface area (Å²) in [4.78, 5) is 28.7. The first-order chi connectivity index (χ1) is 12.0. The standard InChI is InChI=1S/C19H25N3O3/c1-11(16-3-2-15(10-20-16)17(23)22-25)21-18(24)19-7-12-4-13(8-19)6-14(5-12)9-19/h2-3,10-14,25H,4-9H2,1H3,(H,21,24)(H,22,23)/t11-,12?,13?,14?,19?/m0/s1. The summed E-state index contributed by atoms with van der Waals surface area (Å²) in [7, 11) is 0. The van der Waals surface area contributed by atoms with E-state index in [0.29, 0.717) is 5.69 Å². The molecule has 1 heterocycles. The fourth-order valence-electron chi connectivity index (χ4n) is 5.67. The molecule has 5 rings (SSSR count). The van der Waals surface area contributed by atoms with Gasteiger partial charge in [0.25, 0.3) is 5.91 Å². The van der Waals surface area contributed by atoms with Crippen LogP contribution in [0.5, 0.6) is 0 Å². The zero-order valence-corrected chi connectivity index (χ0v) is 14.5. The van der Waals surface area contributed by atoms with Crippen LogP contribution in [-0.4, -0.2) is 22.0 Å². The van der Waals surface area contributed by atoms with E-state index in [1.54, 1.807) is 17.6 Å². The van der Waals surface area contributed by atoms with Gasteiger partial charge in [0, 0.05) is 11.6 Å². The molecule has 1 atom stereocenters. The van der Waals surface area contributed by atoms with Gasteiger partial charge in [-0.3, -0.25) is 19.8 Å². The number of rotatable bonds is 4. The molecule has 0 spiro atoms. The highest BCUT2D eigenvalue weighted by Gasteiger charge is 2.54. The van der Waals surface area contributed by atoms with Crippen LogP contribution in [0, 0.1) is 23.2 Å². The highest BCUT2D eigenvalue weighted by molar-refractivity contribution is 5.92. The van der Waals surface area contributed by atoms with Gasteiger partial charge >= 0.3 is 0 Å². The second kappa shape index (κ2) is 6.09. The number of amides is 2. The summed E-state index contributed by atoms with van der Waals surface area (Å²) in [6.45, 7) is 1.92. The summed E-state index contributed by atoms with van der Waals surface area (Å²) >= 11 is 0. The third kappa shape index (κ3) is 2.92. The van der Waals surface area contributed by atoms with Crippen molar-refractivity contribution in [1.82, 2.24) is 15.8 Å². The molecule has 0 saturated heterocycles. The predicted molar refractivity (Wildman–Crippen MR) is 90.7 cm³/mol. The van der Waals surface area contributed by atoms with Crippen LogP contribution in [0.15, 0.2) is 18.3 Å². The van der Waals surface area contributed by atoms with Gasteiger partial charge in [-0.25, -0.2) is 5.48 Å². The zero-order chi connectivity index (χ0) is 17.6. The van der Waals surface area contributed by atoms with Crippen molar-refractivity contribution < 1.29 is 14.8 Å². The SMILES string of the molecule is C[C@H](NC(=O)C12CC3CC(CC(C3)C1)C2)c1ccc(C(=O)NO)cn1. The zero-order valence-electron chi connectivity index (χ0n) is 14.5. The van der Waals surface area contributed by atoms with E-state index in [2.05, 4.69) is 10.3 Å². The third-order valence-electron chi connectivity index (χ3n) is 6.46. The van der Waals surface area contributed by atoms with Crippen LogP contribution in [0.4, 0.5) is 0 Å². The van der Waals surface area contributed by atoms with E-state index in [0.717, 1.165) is 37.0 Å². The molecule has 6 nitrogen and oxygen atoms in total. The Balaban J connectivity index is 1.45. The van der Waals surface area contributed by atoms with E-state index in [1.165, 1.54) is 25.5 Å². The number of hydroxylamine groups is 1. The smallest absolute Gasteiger partial charge is 0.276 e. The molecule has 4 saturated carbocycles. The van der Waals surface area contributed by atoms with Crippen molar-refractivity contribution in [2.24, 2.45) is 23.2 Å². The van der Waals surface area contributed by atoms with Gasteiger partial charge in [0.15, 0.2) is 0 Å². The highest BCUT2D eigenvalue weighted by atomic mass is 16.5. The van der Waals surface area contributed by atoms with Gasteiger partial charge in [0.05, 0.1) is 17.3 Å². The largest absolute Gasteiger partial charge is 0.348 e. The Labute approximate surface area is 147 Å². The summed E-state index contributed by atoms with van der Waals surface area (Å²) in [5.74, 6) is 1.80. The van der Waals surface area contributed by atoms with Crippen molar-refractivity contribution in [3.63, 3.8) is 0 Å². The van der Waals surface area contributed by atoms with Gasteiger partial charge in [-0.2, -0.15) is 0 Å². The van der Waals surface area contributed by atoms with Crippen molar-refractivity contribution in [3.05, 3.63) is 29.6 Å². The lowest BCUT2D eigenvalue weighted by Crippen LogP contribution is -2.53. The number of hydrogen-bond donors (Lipinski definition) is 3. The van der Waals surface area contributed by atoms with Crippen LogP contribution in [0.1, 0.15) is 67.5 Å². The Morgan fingerprint density at radius 2 is 1.76 bits per heavy atom. The van der Waals surface area contributed by atoms with Crippen LogP contribution < -0.4 is 10.8 Å². The molecule has 0 radical (unpaired) electrons. The van der Waals surface area contributed by atoms with Crippen molar-refractivity contribution in [2.75, 3.05) is 0 Å². The van der Waals surface area contributed by atoms with Crippen LogP contribution >= 0.6 is 0 Å². The number of pyridine rings is 1. The number of hydrogen-bond acceptors (Lipinski definition) is 4. The molecule has 4 fully saturated rings. The van der Waals surface area contributed by atoms with Gasteiger partial charge in [0.1, 0.15) is 0 Å². The topological polar surface area (TPSA) is 91.3 Å². The average molecular weight is 343 g/mol. The Morgan fingerprint density at radius 1 is 1.16 bits per heavy atom. The molecule has 4 aliphatic carbocycles. The molecular formula is C19H25N3O3. The summed E-state index contributed by atoms with van der Waals surface area (Å²) in [6.07, 6.45) is 8.49. The summed E-state index contributed by atoms with van der Waals surface area (Å²) < 4.78 is 0. The molecule has 0 unspecified atom stereocenters. The lowest BCUT2D eigenvalue weighted by molar-refractivity contribution is -0.147. The van der Waals surface area contributed by atoms with Crippen molar-refractivity contribution in [2.45, 2.75) is 51.5 Å². The molecule has 3 N–H and O–H groups in total. The monoisotopic (exact) mass is 343 g/mol. The Hall–Kier alpha value is -1.95. The van der Waals surface area contributed by atoms with Gasteiger partial charge in [-0.1, -0.05) is 0 Å². The summed E-state index contributed by atoms with van der Waals surface area (Å²) in [5.41, 5.74) is 2.42. The van der Waals surface area contributed by atoms with Gasteiger partial charge in [-0.05, 0) is 75.3 Å². The minimum absolute atomic E-state index is 0.167. The van der Waals surface area contributed by atoms with E-state index >= 15 is 0 Å². The Morgan fingerprint density at radius 3 is 2.24 bits per heavy atom. The molecule has 6 heteroatoms. The minimum Gasteiger partial charge on any atom is -0.348 e. The normalized spacial score (nSPS) is 33.8. The van der Waals surface area contributed by atoms with E-state index in [1.807, 2.05) is 6.92 Å². The lowest BCUT2D eigenvalue weighted by atomic mass is 9.49. The molecule has 0 aromatic carbocycles. The van der Waals surface area contributed by atoms with Crippen LogP contribution in [-0.2, 0) is 4.79 Å². The van der Waals surface area contributed by atoms with Crippen molar-refractivity contribution in [3.8, 4) is 0 Å². The fourth-order valence-corrected chi connectivity index (χ4v) is 5.67. The molecule has 4 bridgehead atoms. The van der Waals surface area contributed by atoms with E-state index in [9.17, 15) is 9.59 Å². The molecule has 134 valence electrons. The Bertz CT molecular complexity index is 650. The van der Waals surface area contributed by atoms with E-state index < -0.39 is 5.91 Å². The second-order valence-electron chi connectivity index (χ2n) is 8.31. The maximum Gasteiger partial charge on any atom is 0.276 e. The molecular weight excluding hydrogens is 318 g/mol. The molecule has 1 aromatic heterocycles. The summed E-state index contributed by atoms with van der Waals surface area (Å²) in [6, 6.07) is 3.11. The van der Waals surface area contributed by atoms with E-state index in [-0.39, 0.29) is 22.9 Å². The average Bonchev–Trinajstić information content (AvgIpc) is 2.60. The minimum atomic E-state index is -0.593. The van der Waals surface area contributed by atoms with Gasteiger partial charge in [-0.15, -0.1) is 0 Å².